The quantitative estimate of drug-likeness (QED) is 0.737. The predicted octanol–water partition coefficient (Wildman–Crippen LogP) is 1.54. The van der Waals surface area contributed by atoms with Crippen molar-refractivity contribution in [1.82, 2.24) is 10.4 Å². The van der Waals surface area contributed by atoms with E-state index in [1.54, 1.807) is 0 Å². The molecule has 1 rings (SSSR count). The van der Waals surface area contributed by atoms with Gasteiger partial charge in [0.2, 0.25) is 0 Å². The van der Waals surface area contributed by atoms with Gasteiger partial charge < -0.3 is 10.5 Å². The fraction of sp³-hybridized carbons (Fsp3) is 0.538. The molecule has 4 nitrogen and oxygen atoms in total. The lowest BCUT2D eigenvalue weighted by Gasteiger charge is -2.22. The second-order valence-electron chi connectivity index (χ2n) is 4.55. The van der Waals surface area contributed by atoms with Crippen LogP contribution in [-0.2, 0) is 0 Å². The smallest absolute Gasteiger partial charge is 0.119 e. The normalized spacial score (nSPS) is 13.1. The summed E-state index contributed by atoms with van der Waals surface area (Å²) in [5, 5.41) is 1.91. The number of rotatable bonds is 6. The maximum Gasteiger partial charge on any atom is 0.119 e. The van der Waals surface area contributed by atoms with Crippen LogP contribution in [0.25, 0.3) is 0 Å². The molecule has 0 radical (unpaired) electrons. The number of benzene rings is 1. The van der Waals surface area contributed by atoms with Gasteiger partial charge in [-0.3, -0.25) is 0 Å². The third kappa shape index (κ3) is 4.73. The zero-order chi connectivity index (χ0) is 12.8. The molecule has 1 atom stereocenters. The molecule has 0 bridgehead atoms. The Hall–Kier alpha value is -1.10. The number of ether oxygens (including phenoxy) is 1. The van der Waals surface area contributed by atoms with Crippen molar-refractivity contribution in [2.75, 3.05) is 20.6 Å². The Morgan fingerprint density at radius 2 is 1.82 bits per heavy atom. The summed E-state index contributed by atoms with van der Waals surface area (Å²) in [6.07, 6.45) is 0.200. The molecule has 1 aromatic carbocycles. The van der Waals surface area contributed by atoms with Crippen LogP contribution in [0.4, 0.5) is 0 Å². The first-order valence-electron chi connectivity index (χ1n) is 5.93. The number of nitrogens with one attached hydrogen (secondary N) is 1. The summed E-state index contributed by atoms with van der Waals surface area (Å²) >= 11 is 0. The number of hydrogen-bond donors (Lipinski definition) is 2. The van der Waals surface area contributed by atoms with Gasteiger partial charge in [-0.25, -0.2) is 10.4 Å². The van der Waals surface area contributed by atoms with Gasteiger partial charge in [0.1, 0.15) is 5.75 Å². The first-order chi connectivity index (χ1) is 8.02. The Morgan fingerprint density at radius 3 is 2.24 bits per heavy atom. The van der Waals surface area contributed by atoms with E-state index in [9.17, 15) is 0 Å². The molecule has 0 amide bonds. The van der Waals surface area contributed by atoms with Gasteiger partial charge in [0.05, 0.1) is 12.1 Å². The van der Waals surface area contributed by atoms with E-state index in [-0.39, 0.29) is 12.1 Å². The van der Waals surface area contributed by atoms with Crippen LogP contribution >= 0.6 is 0 Å². The van der Waals surface area contributed by atoms with Gasteiger partial charge in [0, 0.05) is 20.6 Å². The van der Waals surface area contributed by atoms with Crippen LogP contribution in [-0.4, -0.2) is 31.8 Å². The van der Waals surface area contributed by atoms with Crippen molar-refractivity contribution in [1.29, 1.82) is 0 Å². The van der Waals surface area contributed by atoms with Gasteiger partial charge in [-0.1, -0.05) is 12.1 Å². The highest BCUT2D eigenvalue weighted by Gasteiger charge is 2.09. The Balaban J connectivity index is 2.70. The van der Waals surface area contributed by atoms with E-state index < -0.39 is 0 Å². The monoisotopic (exact) mass is 237 g/mol. The van der Waals surface area contributed by atoms with E-state index in [0.717, 1.165) is 11.3 Å². The van der Waals surface area contributed by atoms with Gasteiger partial charge in [-0.05, 0) is 31.5 Å². The van der Waals surface area contributed by atoms with Crippen LogP contribution in [0.3, 0.4) is 0 Å². The lowest BCUT2D eigenvalue weighted by Crippen LogP contribution is -2.37. The summed E-state index contributed by atoms with van der Waals surface area (Å²) in [6.45, 7) is 4.59. The number of hydrazine groups is 1. The van der Waals surface area contributed by atoms with E-state index in [4.69, 9.17) is 10.5 Å². The lowest BCUT2D eigenvalue weighted by atomic mass is 10.1. The molecule has 1 unspecified atom stereocenters. The van der Waals surface area contributed by atoms with Gasteiger partial charge in [0.25, 0.3) is 0 Å². The molecule has 3 N–H and O–H groups in total. The van der Waals surface area contributed by atoms with Crippen molar-refractivity contribution in [2.45, 2.75) is 26.0 Å². The average molecular weight is 237 g/mol. The summed E-state index contributed by atoms with van der Waals surface area (Å²) < 4.78 is 5.60. The lowest BCUT2D eigenvalue weighted by molar-refractivity contribution is 0.240. The molecule has 0 heterocycles. The van der Waals surface area contributed by atoms with E-state index in [1.165, 1.54) is 0 Å². The zero-order valence-electron chi connectivity index (χ0n) is 11.1. The van der Waals surface area contributed by atoms with Crippen LogP contribution in [0.2, 0.25) is 0 Å². The van der Waals surface area contributed by atoms with E-state index in [0.29, 0.717) is 6.54 Å². The van der Waals surface area contributed by atoms with Crippen molar-refractivity contribution in [3.05, 3.63) is 29.8 Å². The minimum atomic E-state index is 0.137. The third-order valence-electron chi connectivity index (χ3n) is 2.30. The highest BCUT2D eigenvalue weighted by atomic mass is 16.5. The summed E-state index contributed by atoms with van der Waals surface area (Å²) in [6, 6.07) is 8.19. The zero-order valence-corrected chi connectivity index (χ0v) is 11.1. The van der Waals surface area contributed by atoms with Crippen molar-refractivity contribution in [3.8, 4) is 5.75 Å². The Kier molecular flexibility index (Phi) is 5.41. The van der Waals surface area contributed by atoms with Crippen molar-refractivity contribution < 1.29 is 4.74 Å². The van der Waals surface area contributed by atoms with E-state index in [1.807, 2.05) is 57.2 Å². The van der Waals surface area contributed by atoms with Crippen LogP contribution in [0.5, 0.6) is 5.75 Å². The van der Waals surface area contributed by atoms with Crippen LogP contribution in [0.1, 0.15) is 25.5 Å². The first kappa shape index (κ1) is 14.0. The third-order valence-corrected chi connectivity index (χ3v) is 2.30. The van der Waals surface area contributed by atoms with E-state index in [2.05, 4.69) is 5.43 Å². The fourth-order valence-electron chi connectivity index (χ4n) is 1.63. The van der Waals surface area contributed by atoms with Crippen molar-refractivity contribution in [2.24, 2.45) is 5.73 Å². The maximum absolute atomic E-state index is 5.75. The number of hydrogen-bond acceptors (Lipinski definition) is 4. The summed E-state index contributed by atoms with van der Waals surface area (Å²) in [7, 11) is 3.91. The topological polar surface area (TPSA) is 50.5 Å². The van der Waals surface area contributed by atoms with Gasteiger partial charge in [0.15, 0.2) is 0 Å². The minimum Gasteiger partial charge on any atom is -0.491 e. The molecule has 0 saturated heterocycles. The molecule has 0 fully saturated rings. The molecule has 1 aromatic rings. The summed E-state index contributed by atoms with van der Waals surface area (Å²) in [5.41, 5.74) is 10.2. The standard InChI is InChI=1S/C13H23N3O/c1-10(2)17-12-7-5-11(6-8-12)13(9-14)15-16(3)4/h5-8,10,13,15H,9,14H2,1-4H3. The SMILES string of the molecule is CC(C)Oc1ccc(C(CN)NN(C)C)cc1. The molecule has 0 aliphatic rings. The minimum absolute atomic E-state index is 0.137. The van der Waals surface area contributed by atoms with Crippen LogP contribution < -0.4 is 15.9 Å². The average Bonchev–Trinajstić information content (AvgIpc) is 2.26. The molecule has 17 heavy (non-hydrogen) atoms. The highest BCUT2D eigenvalue weighted by molar-refractivity contribution is 5.29. The molecular weight excluding hydrogens is 214 g/mol. The van der Waals surface area contributed by atoms with Crippen molar-refractivity contribution >= 4 is 0 Å². The molecule has 0 saturated carbocycles. The molecular formula is C13H23N3O. The maximum atomic E-state index is 5.75. The molecule has 0 aliphatic heterocycles. The van der Waals surface area contributed by atoms with Gasteiger partial charge in [-0.15, -0.1) is 0 Å². The number of nitrogens with zero attached hydrogens (tertiary/aromatic N) is 1. The Bertz CT molecular complexity index is 322. The summed E-state index contributed by atoms with van der Waals surface area (Å²) in [4.78, 5) is 0. The second kappa shape index (κ2) is 6.59. The molecule has 4 heteroatoms. The Labute approximate surface area is 104 Å². The van der Waals surface area contributed by atoms with Crippen LogP contribution in [0.15, 0.2) is 24.3 Å². The first-order valence-corrected chi connectivity index (χ1v) is 5.93. The van der Waals surface area contributed by atoms with Crippen LogP contribution in [0, 0.1) is 0 Å². The van der Waals surface area contributed by atoms with Crippen molar-refractivity contribution in [3.63, 3.8) is 0 Å². The second-order valence-corrected chi connectivity index (χ2v) is 4.55. The molecule has 0 aromatic heterocycles. The number of nitrogens with two attached hydrogens (primary N) is 1. The van der Waals surface area contributed by atoms with Gasteiger partial charge in [-0.2, -0.15) is 0 Å². The molecule has 0 aliphatic carbocycles. The highest BCUT2D eigenvalue weighted by Crippen LogP contribution is 2.18. The molecule has 0 spiro atoms. The largest absolute Gasteiger partial charge is 0.491 e. The fourth-order valence-corrected chi connectivity index (χ4v) is 1.63. The van der Waals surface area contributed by atoms with Gasteiger partial charge >= 0.3 is 0 Å². The molecule has 96 valence electrons. The predicted molar refractivity (Wildman–Crippen MR) is 70.8 cm³/mol. The summed E-state index contributed by atoms with van der Waals surface area (Å²) in [5.74, 6) is 0.893. The van der Waals surface area contributed by atoms with E-state index >= 15 is 0 Å². The Morgan fingerprint density at radius 1 is 1.24 bits per heavy atom.